The zero-order valence-corrected chi connectivity index (χ0v) is 7.79. The summed E-state index contributed by atoms with van der Waals surface area (Å²) in [7, 11) is 0. The number of aryl methyl sites for hydroxylation is 1. The van der Waals surface area contributed by atoms with Crippen LogP contribution in [-0.2, 0) is 11.2 Å². The summed E-state index contributed by atoms with van der Waals surface area (Å²) in [6, 6.07) is 8.63. The molecule has 1 aromatic rings. The summed E-state index contributed by atoms with van der Waals surface area (Å²) in [5.41, 5.74) is 2.10. The van der Waals surface area contributed by atoms with Crippen molar-refractivity contribution < 1.29 is 4.79 Å². The number of nitrogens with zero attached hydrogens (tertiary/aromatic N) is 1. The third-order valence-corrected chi connectivity index (χ3v) is 2.37. The Bertz CT molecular complexity index is 403. The molecule has 0 saturated carbocycles. The third kappa shape index (κ3) is 1.38. The van der Waals surface area contributed by atoms with E-state index in [0.29, 0.717) is 13.0 Å². The molecule has 1 radical (unpaired) electrons. The van der Waals surface area contributed by atoms with Gasteiger partial charge < -0.3 is 4.90 Å². The van der Waals surface area contributed by atoms with E-state index in [1.54, 1.807) is 11.0 Å². The van der Waals surface area contributed by atoms with Crippen LogP contribution in [0.25, 0.3) is 0 Å². The molecule has 0 spiro atoms. The number of rotatable bonds is 1. The van der Waals surface area contributed by atoms with Crippen LogP contribution in [-0.4, -0.2) is 12.5 Å². The lowest BCUT2D eigenvalue weighted by Gasteiger charge is -2.27. The number of fused-ring (bicyclic) bond motifs is 1. The van der Waals surface area contributed by atoms with Gasteiger partial charge >= 0.3 is 0 Å². The van der Waals surface area contributed by atoms with Gasteiger partial charge in [-0.3, -0.25) is 4.79 Å². The van der Waals surface area contributed by atoms with Gasteiger partial charge in [0.25, 0.3) is 0 Å². The minimum atomic E-state index is 0.113. The van der Waals surface area contributed by atoms with Gasteiger partial charge in [0.05, 0.1) is 6.54 Å². The predicted octanol–water partition coefficient (Wildman–Crippen LogP) is 1.40. The maximum Gasteiger partial charge on any atom is 0.228 e. The molecule has 2 nitrogen and oxygen atoms in total. The average Bonchev–Trinajstić information content (AvgIpc) is 2.23. The van der Waals surface area contributed by atoms with E-state index in [4.69, 9.17) is 6.42 Å². The monoisotopic (exact) mass is 184 g/mol. The van der Waals surface area contributed by atoms with E-state index in [2.05, 4.69) is 12.0 Å². The standard InChI is InChI=1S/C12H10NO/c1-2-9-13-11-6-4-3-5-10(11)7-8-12(13)14/h1,4-6H,7-9H2. The van der Waals surface area contributed by atoms with Gasteiger partial charge in [-0.25, -0.2) is 0 Å². The van der Waals surface area contributed by atoms with Crippen molar-refractivity contribution in [2.45, 2.75) is 12.8 Å². The van der Waals surface area contributed by atoms with Crippen molar-refractivity contribution in [3.63, 3.8) is 0 Å². The Morgan fingerprint density at radius 3 is 3.21 bits per heavy atom. The maximum atomic E-state index is 11.6. The summed E-state index contributed by atoms with van der Waals surface area (Å²) in [5.74, 6) is 2.62. The van der Waals surface area contributed by atoms with Gasteiger partial charge in [0.2, 0.25) is 5.91 Å². The molecule has 14 heavy (non-hydrogen) atoms. The number of amides is 1. The van der Waals surface area contributed by atoms with Crippen molar-refractivity contribution in [2.24, 2.45) is 0 Å². The second-order valence-electron chi connectivity index (χ2n) is 3.24. The lowest BCUT2D eigenvalue weighted by Crippen LogP contribution is -2.35. The van der Waals surface area contributed by atoms with Crippen LogP contribution in [0.4, 0.5) is 5.69 Å². The molecular weight excluding hydrogens is 174 g/mol. The summed E-state index contributed by atoms with van der Waals surface area (Å²) in [5, 5.41) is 0. The molecule has 0 aromatic heterocycles. The van der Waals surface area contributed by atoms with Crippen LogP contribution >= 0.6 is 0 Å². The van der Waals surface area contributed by atoms with E-state index >= 15 is 0 Å². The van der Waals surface area contributed by atoms with Gasteiger partial charge in [-0.05, 0) is 30.2 Å². The highest BCUT2D eigenvalue weighted by Crippen LogP contribution is 2.26. The molecule has 0 saturated heterocycles. The minimum absolute atomic E-state index is 0.113. The van der Waals surface area contributed by atoms with Crippen LogP contribution in [0.2, 0.25) is 0 Å². The van der Waals surface area contributed by atoms with E-state index in [0.717, 1.165) is 17.7 Å². The Morgan fingerprint density at radius 1 is 1.57 bits per heavy atom. The molecule has 0 atom stereocenters. The van der Waals surface area contributed by atoms with E-state index in [1.807, 2.05) is 12.1 Å². The van der Waals surface area contributed by atoms with Crippen LogP contribution in [0, 0.1) is 18.4 Å². The lowest BCUT2D eigenvalue weighted by atomic mass is 10.0. The summed E-state index contributed by atoms with van der Waals surface area (Å²) < 4.78 is 0. The molecule has 1 aliphatic heterocycles. The molecule has 2 rings (SSSR count). The fraction of sp³-hybridized carbons (Fsp3) is 0.250. The lowest BCUT2D eigenvalue weighted by molar-refractivity contribution is -0.118. The molecule has 1 amide bonds. The van der Waals surface area contributed by atoms with Crippen LogP contribution in [0.3, 0.4) is 0 Å². The maximum absolute atomic E-state index is 11.6. The number of hydrogen-bond acceptors (Lipinski definition) is 1. The van der Waals surface area contributed by atoms with Crippen molar-refractivity contribution >= 4 is 11.6 Å². The number of anilines is 1. The van der Waals surface area contributed by atoms with Gasteiger partial charge in [-0.15, -0.1) is 6.42 Å². The molecule has 1 aliphatic rings. The molecule has 69 valence electrons. The molecular formula is C12H10NO. The summed E-state index contributed by atoms with van der Waals surface area (Å²) >= 11 is 0. The highest BCUT2D eigenvalue weighted by atomic mass is 16.2. The van der Waals surface area contributed by atoms with Gasteiger partial charge in [-0.1, -0.05) is 12.0 Å². The third-order valence-electron chi connectivity index (χ3n) is 2.37. The Balaban J connectivity index is 2.42. The summed E-state index contributed by atoms with van der Waals surface area (Å²) in [4.78, 5) is 13.2. The normalized spacial score (nSPS) is 14.8. The number of carbonyl (C=O) groups is 1. The minimum Gasteiger partial charge on any atom is -0.301 e. The predicted molar refractivity (Wildman–Crippen MR) is 54.8 cm³/mol. The zero-order chi connectivity index (χ0) is 9.97. The van der Waals surface area contributed by atoms with Crippen molar-refractivity contribution in [3.8, 4) is 12.3 Å². The van der Waals surface area contributed by atoms with Gasteiger partial charge in [0.15, 0.2) is 0 Å². The first-order chi connectivity index (χ1) is 6.83. The van der Waals surface area contributed by atoms with Crippen LogP contribution in [0.15, 0.2) is 18.2 Å². The number of hydrogen-bond donors (Lipinski definition) is 0. The zero-order valence-electron chi connectivity index (χ0n) is 7.79. The first kappa shape index (κ1) is 8.83. The quantitative estimate of drug-likeness (QED) is 0.604. The average molecular weight is 184 g/mol. The van der Waals surface area contributed by atoms with E-state index in [9.17, 15) is 4.79 Å². The van der Waals surface area contributed by atoms with Crippen LogP contribution in [0.1, 0.15) is 12.0 Å². The summed E-state index contributed by atoms with van der Waals surface area (Å²) in [6.45, 7) is 0.357. The molecule has 0 bridgehead atoms. The molecule has 0 fully saturated rings. The van der Waals surface area contributed by atoms with Crippen molar-refractivity contribution in [2.75, 3.05) is 11.4 Å². The largest absolute Gasteiger partial charge is 0.301 e. The second kappa shape index (κ2) is 3.55. The summed E-state index contributed by atoms with van der Waals surface area (Å²) in [6.07, 6.45) is 6.57. The number of terminal acetylenes is 1. The molecule has 0 aliphatic carbocycles. The van der Waals surface area contributed by atoms with Crippen LogP contribution < -0.4 is 4.90 Å². The SMILES string of the molecule is C#CCN1C(=O)CCc2c[c]ccc21. The topological polar surface area (TPSA) is 20.3 Å². The van der Waals surface area contributed by atoms with Crippen molar-refractivity contribution in [3.05, 3.63) is 29.8 Å². The van der Waals surface area contributed by atoms with Gasteiger partial charge in [0.1, 0.15) is 0 Å². The Labute approximate surface area is 83.5 Å². The fourth-order valence-electron chi connectivity index (χ4n) is 1.70. The second-order valence-corrected chi connectivity index (χ2v) is 3.24. The Morgan fingerprint density at radius 2 is 2.43 bits per heavy atom. The van der Waals surface area contributed by atoms with Gasteiger partial charge in [0, 0.05) is 12.1 Å². The molecule has 1 heterocycles. The van der Waals surface area contributed by atoms with E-state index in [-0.39, 0.29) is 5.91 Å². The van der Waals surface area contributed by atoms with Crippen LogP contribution in [0.5, 0.6) is 0 Å². The van der Waals surface area contributed by atoms with E-state index in [1.165, 1.54) is 0 Å². The number of carbonyl (C=O) groups excluding carboxylic acids is 1. The first-order valence-electron chi connectivity index (χ1n) is 4.55. The Hall–Kier alpha value is -1.75. The molecule has 2 heteroatoms. The highest BCUT2D eigenvalue weighted by Gasteiger charge is 2.22. The van der Waals surface area contributed by atoms with Gasteiger partial charge in [-0.2, -0.15) is 0 Å². The Kier molecular flexibility index (Phi) is 2.24. The highest BCUT2D eigenvalue weighted by molar-refractivity contribution is 5.96. The smallest absolute Gasteiger partial charge is 0.228 e. The van der Waals surface area contributed by atoms with E-state index < -0.39 is 0 Å². The van der Waals surface area contributed by atoms with Crippen molar-refractivity contribution in [1.82, 2.24) is 0 Å². The van der Waals surface area contributed by atoms with Crippen molar-refractivity contribution in [1.29, 1.82) is 0 Å². The number of benzene rings is 1. The molecule has 0 unspecified atom stereocenters. The fourth-order valence-corrected chi connectivity index (χ4v) is 1.70. The molecule has 1 aromatic carbocycles. The molecule has 0 N–H and O–H groups in total. The first-order valence-corrected chi connectivity index (χ1v) is 4.55.